The van der Waals surface area contributed by atoms with Crippen LogP contribution in [0.25, 0.3) is 0 Å². The number of rotatable bonds is 3. The van der Waals surface area contributed by atoms with Gasteiger partial charge in [-0.05, 0) is 29.1 Å². The van der Waals surface area contributed by atoms with Crippen LogP contribution < -0.4 is 0 Å². The van der Waals surface area contributed by atoms with Crippen LogP contribution in [0.2, 0.25) is 0 Å². The molecule has 0 aliphatic heterocycles. The van der Waals surface area contributed by atoms with Crippen LogP contribution in [0.3, 0.4) is 0 Å². The lowest BCUT2D eigenvalue weighted by Crippen LogP contribution is -1.85. The van der Waals surface area contributed by atoms with E-state index in [1.807, 2.05) is 24.3 Å². The molecule has 2 aromatic heterocycles. The molecule has 15 heavy (non-hydrogen) atoms. The van der Waals surface area contributed by atoms with Crippen molar-refractivity contribution in [3.63, 3.8) is 0 Å². The van der Waals surface area contributed by atoms with Crippen molar-refractivity contribution in [1.82, 2.24) is 4.98 Å². The van der Waals surface area contributed by atoms with Crippen LogP contribution in [0.15, 0.2) is 40.1 Å². The number of nitrogens with zero attached hydrogens (tertiary/aromatic N) is 2. The molecule has 0 spiro atoms. The van der Waals surface area contributed by atoms with Crippen molar-refractivity contribution in [2.45, 2.75) is 9.96 Å². The Balaban J connectivity index is 2.02. The first kappa shape index (κ1) is 10.2. The van der Waals surface area contributed by atoms with Gasteiger partial charge in [-0.2, -0.15) is 5.26 Å². The van der Waals surface area contributed by atoms with Gasteiger partial charge in [0.05, 0.1) is 4.21 Å². The SMILES string of the molecule is N#Cc1cc(CSc2cccs2)ccn1. The van der Waals surface area contributed by atoms with E-state index in [4.69, 9.17) is 5.26 Å². The number of thiophene rings is 1. The fourth-order valence-electron chi connectivity index (χ4n) is 1.13. The van der Waals surface area contributed by atoms with E-state index in [9.17, 15) is 0 Å². The zero-order valence-corrected chi connectivity index (χ0v) is 9.52. The van der Waals surface area contributed by atoms with Gasteiger partial charge in [0.25, 0.3) is 0 Å². The molecule has 0 aliphatic carbocycles. The highest BCUT2D eigenvalue weighted by Crippen LogP contribution is 2.26. The third-order valence-corrected chi connectivity index (χ3v) is 4.02. The first-order chi connectivity index (χ1) is 7.38. The fourth-order valence-corrected chi connectivity index (χ4v) is 2.85. The van der Waals surface area contributed by atoms with E-state index in [1.165, 1.54) is 4.21 Å². The quantitative estimate of drug-likeness (QED) is 0.762. The third-order valence-electron chi connectivity index (χ3n) is 1.82. The first-order valence-corrected chi connectivity index (χ1v) is 6.26. The normalized spacial score (nSPS) is 9.80. The predicted octanol–water partition coefficient (Wildman–Crippen LogP) is 3.31. The van der Waals surface area contributed by atoms with Gasteiger partial charge in [-0.15, -0.1) is 23.1 Å². The smallest absolute Gasteiger partial charge is 0.140 e. The topological polar surface area (TPSA) is 36.7 Å². The summed E-state index contributed by atoms with van der Waals surface area (Å²) in [5, 5.41) is 10.8. The van der Waals surface area contributed by atoms with E-state index in [0.29, 0.717) is 5.69 Å². The van der Waals surface area contributed by atoms with Crippen LogP contribution in [-0.2, 0) is 5.75 Å². The summed E-state index contributed by atoms with van der Waals surface area (Å²) in [6.45, 7) is 0. The molecule has 0 N–H and O–H groups in total. The van der Waals surface area contributed by atoms with Crippen LogP contribution >= 0.6 is 23.1 Å². The molecular weight excluding hydrogens is 224 g/mol. The van der Waals surface area contributed by atoms with Crippen molar-refractivity contribution in [2.75, 3.05) is 0 Å². The lowest BCUT2D eigenvalue weighted by molar-refractivity contribution is 1.22. The molecule has 0 saturated heterocycles. The van der Waals surface area contributed by atoms with Gasteiger partial charge in [0, 0.05) is 11.9 Å². The maximum atomic E-state index is 8.70. The Kier molecular flexibility index (Phi) is 3.38. The van der Waals surface area contributed by atoms with Gasteiger partial charge in [0.2, 0.25) is 0 Å². The van der Waals surface area contributed by atoms with Crippen molar-refractivity contribution >= 4 is 23.1 Å². The Labute approximate surface area is 96.6 Å². The lowest BCUT2D eigenvalue weighted by atomic mass is 10.2. The second-order valence-corrected chi connectivity index (χ2v) is 5.11. The van der Waals surface area contributed by atoms with E-state index in [-0.39, 0.29) is 0 Å². The summed E-state index contributed by atoms with van der Waals surface area (Å²) >= 11 is 3.52. The Bertz CT molecular complexity index is 472. The summed E-state index contributed by atoms with van der Waals surface area (Å²) in [6.07, 6.45) is 1.68. The lowest BCUT2D eigenvalue weighted by Gasteiger charge is -1.99. The van der Waals surface area contributed by atoms with Gasteiger partial charge in [0.15, 0.2) is 0 Å². The van der Waals surface area contributed by atoms with Gasteiger partial charge >= 0.3 is 0 Å². The van der Waals surface area contributed by atoms with Gasteiger partial charge in [0.1, 0.15) is 11.8 Å². The van der Waals surface area contributed by atoms with E-state index in [1.54, 1.807) is 29.3 Å². The van der Waals surface area contributed by atoms with Gasteiger partial charge in [-0.1, -0.05) is 6.07 Å². The van der Waals surface area contributed by atoms with Crippen LogP contribution in [0.1, 0.15) is 11.3 Å². The molecule has 2 rings (SSSR count). The van der Waals surface area contributed by atoms with E-state index in [2.05, 4.69) is 16.4 Å². The molecule has 0 amide bonds. The van der Waals surface area contributed by atoms with Crippen molar-refractivity contribution in [3.8, 4) is 6.07 Å². The Morgan fingerprint density at radius 2 is 2.40 bits per heavy atom. The third kappa shape index (κ3) is 2.82. The van der Waals surface area contributed by atoms with Crippen LogP contribution in [0.4, 0.5) is 0 Å². The van der Waals surface area contributed by atoms with E-state index in [0.717, 1.165) is 11.3 Å². The van der Waals surface area contributed by atoms with Crippen LogP contribution in [-0.4, -0.2) is 4.98 Å². The zero-order chi connectivity index (χ0) is 10.5. The van der Waals surface area contributed by atoms with Gasteiger partial charge in [-0.25, -0.2) is 4.98 Å². The molecule has 2 aromatic rings. The summed E-state index contributed by atoms with van der Waals surface area (Å²) in [7, 11) is 0. The molecule has 4 heteroatoms. The molecule has 0 fully saturated rings. The number of pyridine rings is 1. The number of aromatic nitrogens is 1. The van der Waals surface area contributed by atoms with Crippen molar-refractivity contribution in [2.24, 2.45) is 0 Å². The van der Waals surface area contributed by atoms with Crippen molar-refractivity contribution in [1.29, 1.82) is 5.26 Å². The van der Waals surface area contributed by atoms with E-state index >= 15 is 0 Å². The molecule has 74 valence electrons. The molecule has 0 aliphatic rings. The minimum atomic E-state index is 0.485. The minimum Gasteiger partial charge on any atom is -0.246 e. The highest BCUT2D eigenvalue weighted by molar-refractivity contribution is 8.00. The molecule has 0 aromatic carbocycles. The first-order valence-electron chi connectivity index (χ1n) is 4.40. The zero-order valence-electron chi connectivity index (χ0n) is 7.88. The summed E-state index contributed by atoms with van der Waals surface area (Å²) in [5.74, 6) is 0.887. The molecular formula is C11H8N2S2. The fraction of sp³-hybridized carbons (Fsp3) is 0.0909. The van der Waals surface area contributed by atoms with Gasteiger partial charge < -0.3 is 0 Å². The summed E-state index contributed by atoms with van der Waals surface area (Å²) in [6, 6.07) is 9.96. The summed E-state index contributed by atoms with van der Waals surface area (Å²) < 4.78 is 1.30. The molecule has 2 heterocycles. The highest BCUT2D eigenvalue weighted by atomic mass is 32.2. The van der Waals surface area contributed by atoms with Crippen molar-refractivity contribution < 1.29 is 0 Å². The summed E-state index contributed by atoms with van der Waals surface area (Å²) in [4.78, 5) is 3.94. The molecule has 2 nitrogen and oxygen atoms in total. The maximum Gasteiger partial charge on any atom is 0.140 e. The number of thioether (sulfide) groups is 1. The number of nitriles is 1. The maximum absolute atomic E-state index is 8.70. The molecule has 0 unspecified atom stereocenters. The predicted molar refractivity (Wildman–Crippen MR) is 62.8 cm³/mol. The standard InChI is InChI=1S/C11H8N2S2/c12-7-10-6-9(3-4-13-10)8-15-11-2-1-5-14-11/h1-6H,8H2. The molecule has 0 radical (unpaired) electrons. The largest absolute Gasteiger partial charge is 0.246 e. The Morgan fingerprint density at radius 3 is 3.13 bits per heavy atom. The Hall–Kier alpha value is -1.31. The Morgan fingerprint density at radius 1 is 1.47 bits per heavy atom. The van der Waals surface area contributed by atoms with Crippen LogP contribution in [0.5, 0.6) is 0 Å². The van der Waals surface area contributed by atoms with Gasteiger partial charge in [-0.3, -0.25) is 0 Å². The van der Waals surface area contributed by atoms with Crippen molar-refractivity contribution in [3.05, 3.63) is 47.1 Å². The number of hydrogen-bond donors (Lipinski definition) is 0. The second kappa shape index (κ2) is 4.96. The van der Waals surface area contributed by atoms with E-state index < -0.39 is 0 Å². The molecule has 0 atom stereocenters. The minimum absolute atomic E-state index is 0.485. The summed E-state index contributed by atoms with van der Waals surface area (Å²) in [5.41, 5.74) is 1.62. The monoisotopic (exact) mass is 232 g/mol. The number of hydrogen-bond acceptors (Lipinski definition) is 4. The average Bonchev–Trinajstić information content (AvgIpc) is 2.79. The highest BCUT2D eigenvalue weighted by Gasteiger charge is 1.98. The molecule has 0 saturated carbocycles. The average molecular weight is 232 g/mol. The second-order valence-electron chi connectivity index (χ2n) is 2.88. The molecule has 0 bridgehead atoms. The van der Waals surface area contributed by atoms with Crippen LogP contribution in [0, 0.1) is 11.3 Å².